The molecule has 0 spiro atoms. The van der Waals surface area contributed by atoms with Crippen LogP contribution in [0.3, 0.4) is 0 Å². The highest BCUT2D eigenvalue weighted by molar-refractivity contribution is 6.33. The van der Waals surface area contributed by atoms with E-state index in [0.717, 1.165) is 30.9 Å². The Hall–Kier alpha value is -2.26. The van der Waals surface area contributed by atoms with Gasteiger partial charge in [0.2, 0.25) is 5.69 Å². The van der Waals surface area contributed by atoms with Crippen molar-refractivity contribution in [1.82, 2.24) is 4.90 Å². The van der Waals surface area contributed by atoms with E-state index >= 15 is 0 Å². The fourth-order valence-corrected chi connectivity index (χ4v) is 5.33. The average molecular weight is 468 g/mol. The molecule has 0 saturated carbocycles. The third-order valence-corrected chi connectivity index (χ3v) is 7.48. The largest absolute Gasteiger partial charge is 0.493 e. The number of hydrogen-bond donors (Lipinski definition) is 1. The molecule has 2 aliphatic heterocycles. The smallest absolute Gasteiger partial charge is 0.205 e. The van der Waals surface area contributed by atoms with E-state index in [2.05, 4.69) is 45.8 Å². The summed E-state index contributed by atoms with van der Waals surface area (Å²) < 4.78 is 5.99. The summed E-state index contributed by atoms with van der Waals surface area (Å²) in [6, 6.07) is 14.6. The van der Waals surface area contributed by atoms with Crippen molar-refractivity contribution in [2.45, 2.75) is 57.1 Å². The van der Waals surface area contributed by atoms with E-state index in [-0.39, 0.29) is 0 Å². The Kier molecular flexibility index (Phi) is 7.80. The van der Waals surface area contributed by atoms with E-state index in [1.807, 2.05) is 12.1 Å². The third-order valence-electron chi connectivity index (χ3n) is 7.18. The molecule has 2 heterocycles. The lowest BCUT2D eigenvalue weighted by molar-refractivity contribution is -0.00267. The van der Waals surface area contributed by atoms with Gasteiger partial charge in [0.1, 0.15) is 5.75 Å². The molecule has 33 heavy (non-hydrogen) atoms. The monoisotopic (exact) mass is 467 g/mol. The summed E-state index contributed by atoms with van der Waals surface area (Å²) in [5, 5.41) is 11.5. The topological polar surface area (TPSA) is 40.3 Å². The molecule has 0 amide bonds. The van der Waals surface area contributed by atoms with Gasteiger partial charge in [-0.3, -0.25) is 4.90 Å². The van der Waals surface area contributed by atoms with Crippen molar-refractivity contribution >= 4 is 23.0 Å². The number of halogens is 1. The van der Waals surface area contributed by atoms with Gasteiger partial charge in [-0.25, -0.2) is 4.85 Å². The molecule has 176 valence electrons. The molecule has 0 aliphatic carbocycles. The van der Waals surface area contributed by atoms with Crippen molar-refractivity contribution in [2.75, 3.05) is 37.7 Å². The van der Waals surface area contributed by atoms with Crippen molar-refractivity contribution < 1.29 is 9.84 Å². The van der Waals surface area contributed by atoms with Gasteiger partial charge < -0.3 is 14.7 Å². The fraction of sp³-hybridized carbons (Fsp3) is 0.519. The average Bonchev–Trinajstić information content (AvgIpc) is 3.35. The first-order chi connectivity index (χ1) is 16.0. The number of nitrogens with zero attached hydrogens (tertiary/aromatic N) is 3. The molecule has 6 heteroatoms. The van der Waals surface area contributed by atoms with E-state index in [1.54, 1.807) is 6.07 Å². The summed E-state index contributed by atoms with van der Waals surface area (Å²) in [7, 11) is 0. The Morgan fingerprint density at radius 1 is 1.09 bits per heavy atom. The molecule has 1 atom stereocenters. The van der Waals surface area contributed by atoms with Gasteiger partial charge >= 0.3 is 0 Å². The van der Waals surface area contributed by atoms with Crippen LogP contribution in [-0.2, 0) is 0 Å². The van der Waals surface area contributed by atoms with Crippen LogP contribution in [0.15, 0.2) is 42.5 Å². The maximum Gasteiger partial charge on any atom is 0.205 e. The Morgan fingerprint density at radius 3 is 2.39 bits per heavy atom. The number of piperidine rings is 1. The highest BCUT2D eigenvalue weighted by Crippen LogP contribution is 2.34. The molecule has 1 N–H and O–H groups in total. The number of likely N-dealkylation sites (tertiary alicyclic amines) is 1. The molecule has 0 aromatic heterocycles. The fourth-order valence-electron chi connectivity index (χ4n) is 5.12. The third kappa shape index (κ3) is 5.81. The first-order valence-electron chi connectivity index (χ1n) is 12.1. The van der Waals surface area contributed by atoms with Gasteiger partial charge in [-0.05, 0) is 75.0 Å². The zero-order chi connectivity index (χ0) is 23.3. The molecule has 5 nitrogen and oxygen atoms in total. The van der Waals surface area contributed by atoms with E-state index < -0.39 is 5.60 Å². The highest BCUT2D eigenvalue weighted by Gasteiger charge is 2.32. The molecule has 2 fully saturated rings. The number of benzene rings is 2. The minimum Gasteiger partial charge on any atom is -0.493 e. The Labute approximate surface area is 202 Å². The van der Waals surface area contributed by atoms with E-state index in [0.29, 0.717) is 42.6 Å². The van der Waals surface area contributed by atoms with Crippen LogP contribution in [0, 0.1) is 6.57 Å². The van der Waals surface area contributed by atoms with Crippen LogP contribution in [0.4, 0.5) is 11.4 Å². The minimum atomic E-state index is -0.709. The molecule has 1 unspecified atom stereocenters. The maximum atomic E-state index is 11.0. The molecule has 2 aromatic rings. The van der Waals surface area contributed by atoms with Crippen LogP contribution in [0.2, 0.25) is 5.02 Å². The van der Waals surface area contributed by atoms with E-state index in [1.165, 1.54) is 31.5 Å². The second-order valence-corrected chi connectivity index (χ2v) is 9.70. The van der Waals surface area contributed by atoms with Gasteiger partial charge in [0.05, 0.1) is 18.8 Å². The molecule has 2 saturated heterocycles. The van der Waals surface area contributed by atoms with Crippen LogP contribution >= 0.6 is 11.6 Å². The van der Waals surface area contributed by atoms with Crippen LogP contribution in [0.1, 0.15) is 57.1 Å². The molecular weight excluding hydrogens is 434 g/mol. The van der Waals surface area contributed by atoms with Crippen LogP contribution in [0.25, 0.3) is 4.85 Å². The van der Waals surface area contributed by atoms with Crippen molar-refractivity contribution in [1.29, 1.82) is 0 Å². The first kappa shape index (κ1) is 23.9. The van der Waals surface area contributed by atoms with E-state index in [4.69, 9.17) is 22.9 Å². The summed E-state index contributed by atoms with van der Waals surface area (Å²) in [6.45, 7) is 13.8. The zero-order valence-corrected chi connectivity index (χ0v) is 20.2. The van der Waals surface area contributed by atoms with Gasteiger partial charge in [0, 0.05) is 36.3 Å². The molecule has 2 aromatic carbocycles. The minimum absolute atomic E-state index is 0.473. The van der Waals surface area contributed by atoms with Gasteiger partial charge in [-0.1, -0.05) is 36.7 Å². The second kappa shape index (κ2) is 10.8. The van der Waals surface area contributed by atoms with Crippen molar-refractivity contribution in [3.05, 3.63) is 64.5 Å². The maximum absolute atomic E-state index is 11.0. The normalized spacial score (nSPS) is 19.3. The number of aliphatic hydroxyl groups is 1. The Balaban J connectivity index is 1.25. The second-order valence-electron chi connectivity index (χ2n) is 9.29. The van der Waals surface area contributed by atoms with Crippen molar-refractivity contribution in [2.24, 2.45) is 0 Å². The van der Waals surface area contributed by atoms with Gasteiger partial charge in [-0.15, -0.1) is 0 Å². The zero-order valence-electron chi connectivity index (χ0n) is 19.5. The van der Waals surface area contributed by atoms with Crippen LogP contribution in [-0.4, -0.2) is 48.4 Å². The quantitative estimate of drug-likeness (QED) is 0.466. The van der Waals surface area contributed by atoms with Crippen molar-refractivity contribution in [3.63, 3.8) is 0 Å². The molecule has 0 bridgehead atoms. The number of rotatable bonds is 8. The SMILES string of the molecule is [C-]#[N+]c1ccc(N2CCC(O)(CCOc3ccc(C(CC)N4CCCC4)cc3)CC2)cc1Cl. The summed E-state index contributed by atoms with van der Waals surface area (Å²) in [5.41, 5.74) is 2.13. The predicted octanol–water partition coefficient (Wildman–Crippen LogP) is 6.24. The predicted molar refractivity (Wildman–Crippen MR) is 135 cm³/mol. The lowest BCUT2D eigenvalue weighted by Crippen LogP contribution is -2.45. The molecule has 0 radical (unpaired) electrons. The summed E-state index contributed by atoms with van der Waals surface area (Å²) in [4.78, 5) is 8.23. The number of anilines is 1. The summed E-state index contributed by atoms with van der Waals surface area (Å²) in [5.74, 6) is 0.866. The molecule has 2 aliphatic rings. The Bertz CT molecular complexity index is 958. The van der Waals surface area contributed by atoms with Gasteiger partial charge in [-0.2, -0.15) is 0 Å². The Morgan fingerprint density at radius 2 is 1.79 bits per heavy atom. The van der Waals surface area contributed by atoms with Crippen LogP contribution in [0.5, 0.6) is 5.75 Å². The summed E-state index contributed by atoms with van der Waals surface area (Å²) >= 11 is 6.19. The van der Waals surface area contributed by atoms with E-state index in [9.17, 15) is 5.11 Å². The van der Waals surface area contributed by atoms with Gasteiger partial charge in [0.15, 0.2) is 0 Å². The molecular formula is C27H34ClN3O2. The number of ether oxygens (including phenoxy) is 1. The summed E-state index contributed by atoms with van der Waals surface area (Å²) in [6.07, 6.45) is 5.73. The lowest BCUT2D eigenvalue weighted by Gasteiger charge is -2.39. The standard InChI is InChI=1S/C27H34ClN3O2/c1-3-26(31-15-4-5-16-31)21-6-9-23(10-7-21)33-19-14-27(32)12-17-30(18-13-27)22-8-11-25(29-2)24(28)20-22/h6-11,20,26,32H,3-5,12-19H2,1H3. The molecule has 4 rings (SSSR count). The van der Waals surface area contributed by atoms with Crippen LogP contribution < -0.4 is 9.64 Å². The number of hydrogen-bond acceptors (Lipinski definition) is 4. The van der Waals surface area contributed by atoms with Crippen molar-refractivity contribution in [3.8, 4) is 5.75 Å². The lowest BCUT2D eigenvalue weighted by atomic mass is 9.88. The highest BCUT2D eigenvalue weighted by atomic mass is 35.5. The first-order valence-corrected chi connectivity index (χ1v) is 12.5. The van der Waals surface area contributed by atoms with Gasteiger partial charge in [0.25, 0.3) is 0 Å².